The molecule has 148 valence electrons. The van der Waals surface area contributed by atoms with Crippen LogP contribution in [-0.2, 0) is 16.1 Å². The monoisotopic (exact) mass is 391 g/mol. The summed E-state index contributed by atoms with van der Waals surface area (Å²) in [6.07, 6.45) is 0.379. The highest BCUT2D eigenvalue weighted by molar-refractivity contribution is 5.90. The van der Waals surface area contributed by atoms with Crippen LogP contribution in [0.1, 0.15) is 24.0 Å². The molecule has 7 heteroatoms. The van der Waals surface area contributed by atoms with Crippen molar-refractivity contribution in [1.82, 2.24) is 4.90 Å². The number of carbonyl (C=O) groups is 2. The Kier molecular flexibility index (Phi) is 5.09. The molecule has 2 heterocycles. The highest BCUT2D eigenvalue weighted by atomic mass is 16.6. The summed E-state index contributed by atoms with van der Waals surface area (Å²) in [6, 6.07) is 18.5. The predicted octanol–water partition coefficient (Wildman–Crippen LogP) is 3.69. The predicted molar refractivity (Wildman–Crippen MR) is 105 cm³/mol. The molecule has 2 amide bonds. The van der Waals surface area contributed by atoms with E-state index in [9.17, 15) is 9.59 Å². The van der Waals surface area contributed by atoms with Gasteiger partial charge < -0.3 is 14.4 Å². The average Bonchev–Trinajstić information content (AvgIpc) is 3.09. The molecule has 2 aliphatic heterocycles. The largest absolute Gasteiger partial charge is 0.445 e. The SMILES string of the molecule is N#Cc1ccc(N2CC3(CCN(C(=O)OCc4ccccc4)CC3)OC2=O)cc1. The number of anilines is 1. The van der Waals surface area contributed by atoms with Crippen molar-refractivity contribution in [2.45, 2.75) is 25.0 Å². The van der Waals surface area contributed by atoms with E-state index < -0.39 is 11.7 Å². The zero-order valence-corrected chi connectivity index (χ0v) is 15.9. The van der Waals surface area contributed by atoms with Crippen LogP contribution in [0.4, 0.5) is 15.3 Å². The second-order valence-corrected chi connectivity index (χ2v) is 7.32. The number of hydrogen-bond acceptors (Lipinski definition) is 5. The average molecular weight is 391 g/mol. The number of hydrogen-bond donors (Lipinski definition) is 0. The van der Waals surface area contributed by atoms with Gasteiger partial charge in [0.25, 0.3) is 0 Å². The third-order valence-corrected chi connectivity index (χ3v) is 5.42. The Morgan fingerprint density at radius 1 is 1.10 bits per heavy atom. The maximum absolute atomic E-state index is 12.4. The van der Waals surface area contributed by atoms with Crippen molar-refractivity contribution >= 4 is 17.9 Å². The molecule has 1 spiro atoms. The van der Waals surface area contributed by atoms with Gasteiger partial charge in [-0.2, -0.15) is 5.26 Å². The number of ether oxygens (including phenoxy) is 2. The first kappa shape index (κ1) is 18.8. The van der Waals surface area contributed by atoms with E-state index in [1.807, 2.05) is 30.3 Å². The highest BCUT2D eigenvalue weighted by Crippen LogP contribution is 2.36. The maximum Gasteiger partial charge on any atom is 0.415 e. The van der Waals surface area contributed by atoms with Gasteiger partial charge in [-0.05, 0) is 29.8 Å². The molecular weight excluding hydrogens is 370 g/mol. The lowest BCUT2D eigenvalue weighted by Gasteiger charge is -2.36. The molecular formula is C22H21N3O4. The van der Waals surface area contributed by atoms with Crippen molar-refractivity contribution in [1.29, 1.82) is 5.26 Å². The van der Waals surface area contributed by atoms with Crippen molar-refractivity contribution in [2.24, 2.45) is 0 Å². The molecule has 2 fully saturated rings. The lowest BCUT2D eigenvalue weighted by molar-refractivity contribution is -0.00107. The van der Waals surface area contributed by atoms with E-state index in [4.69, 9.17) is 14.7 Å². The van der Waals surface area contributed by atoms with Crippen molar-refractivity contribution in [3.8, 4) is 6.07 Å². The number of nitriles is 1. The number of likely N-dealkylation sites (tertiary alicyclic amines) is 1. The first-order chi connectivity index (χ1) is 14.1. The summed E-state index contributed by atoms with van der Waals surface area (Å²) in [6.45, 7) is 1.62. The van der Waals surface area contributed by atoms with Gasteiger partial charge in [0, 0.05) is 31.6 Å². The summed E-state index contributed by atoms with van der Waals surface area (Å²) >= 11 is 0. The van der Waals surface area contributed by atoms with Crippen LogP contribution in [0.3, 0.4) is 0 Å². The van der Waals surface area contributed by atoms with Crippen molar-refractivity contribution in [2.75, 3.05) is 24.5 Å². The third-order valence-electron chi connectivity index (χ3n) is 5.42. The molecule has 0 radical (unpaired) electrons. The first-order valence-corrected chi connectivity index (χ1v) is 9.55. The third kappa shape index (κ3) is 4.02. The molecule has 2 aliphatic rings. The fraction of sp³-hybridized carbons (Fsp3) is 0.318. The van der Waals surface area contributed by atoms with E-state index in [1.165, 1.54) is 0 Å². The second-order valence-electron chi connectivity index (χ2n) is 7.32. The number of amides is 2. The van der Waals surface area contributed by atoms with E-state index in [0.29, 0.717) is 43.7 Å². The summed E-state index contributed by atoms with van der Waals surface area (Å²) in [5.74, 6) is 0. The second kappa shape index (κ2) is 7.84. The molecule has 0 unspecified atom stereocenters. The van der Waals surface area contributed by atoms with Gasteiger partial charge in [-0.3, -0.25) is 4.90 Å². The van der Waals surface area contributed by atoms with Gasteiger partial charge in [-0.15, -0.1) is 0 Å². The number of rotatable bonds is 3. The zero-order chi connectivity index (χ0) is 20.3. The minimum atomic E-state index is -0.596. The van der Waals surface area contributed by atoms with Crippen LogP contribution in [0.5, 0.6) is 0 Å². The van der Waals surface area contributed by atoms with Crippen LogP contribution >= 0.6 is 0 Å². The van der Waals surface area contributed by atoms with E-state index >= 15 is 0 Å². The number of nitrogens with zero attached hydrogens (tertiary/aromatic N) is 3. The van der Waals surface area contributed by atoms with Crippen molar-refractivity contribution in [3.63, 3.8) is 0 Å². The first-order valence-electron chi connectivity index (χ1n) is 9.55. The summed E-state index contributed by atoms with van der Waals surface area (Å²) < 4.78 is 11.1. The van der Waals surface area contributed by atoms with Gasteiger partial charge in [-0.25, -0.2) is 9.59 Å². The van der Waals surface area contributed by atoms with Gasteiger partial charge in [0.2, 0.25) is 0 Å². The molecule has 0 aliphatic carbocycles. The molecule has 0 atom stereocenters. The van der Waals surface area contributed by atoms with Crippen LogP contribution in [0.25, 0.3) is 0 Å². The number of benzene rings is 2. The fourth-order valence-electron chi connectivity index (χ4n) is 3.71. The van der Waals surface area contributed by atoms with Crippen LogP contribution in [0.15, 0.2) is 54.6 Å². The minimum absolute atomic E-state index is 0.239. The molecule has 2 aromatic rings. The van der Waals surface area contributed by atoms with Gasteiger partial charge >= 0.3 is 12.2 Å². The molecule has 0 bridgehead atoms. The molecule has 0 aromatic heterocycles. The lowest BCUT2D eigenvalue weighted by Crippen LogP contribution is -2.48. The molecule has 2 saturated heterocycles. The quantitative estimate of drug-likeness (QED) is 0.797. The Balaban J connectivity index is 1.33. The topological polar surface area (TPSA) is 82.9 Å². The normalized spacial score (nSPS) is 17.7. The Hall–Kier alpha value is -3.53. The minimum Gasteiger partial charge on any atom is -0.445 e. The van der Waals surface area contributed by atoms with Crippen molar-refractivity contribution < 1.29 is 19.1 Å². The molecule has 0 saturated carbocycles. The van der Waals surface area contributed by atoms with E-state index in [2.05, 4.69) is 6.07 Å². The van der Waals surface area contributed by atoms with Crippen LogP contribution < -0.4 is 4.90 Å². The standard InChI is InChI=1S/C22H21N3O4/c23-14-17-6-8-19(9-7-17)25-16-22(29-21(25)27)10-12-24(13-11-22)20(26)28-15-18-4-2-1-3-5-18/h1-9H,10-13,15-16H2. The van der Waals surface area contributed by atoms with Crippen LogP contribution in [0, 0.1) is 11.3 Å². The molecule has 2 aromatic carbocycles. The van der Waals surface area contributed by atoms with E-state index in [1.54, 1.807) is 34.1 Å². The van der Waals surface area contributed by atoms with Gasteiger partial charge in [-0.1, -0.05) is 30.3 Å². The van der Waals surface area contributed by atoms with Gasteiger partial charge in [0.1, 0.15) is 12.2 Å². The molecule has 4 rings (SSSR count). The summed E-state index contributed by atoms with van der Waals surface area (Å²) in [5, 5.41) is 8.92. The number of piperidine rings is 1. The summed E-state index contributed by atoms with van der Waals surface area (Å²) in [4.78, 5) is 28.0. The molecule has 29 heavy (non-hydrogen) atoms. The van der Waals surface area contributed by atoms with Crippen molar-refractivity contribution in [3.05, 3.63) is 65.7 Å². The Bertz CT molecular complexity index is 929. The number of carbonyl (C=O) groups excluding carboxylic acids is 2. The lowest BCUT2D eigenvalue weighted by atomic mass is 9.91. The molecule has 0 N–H and O–H groups in total. The maximum atomic E-state index is 12.4. The Labute approximate surface area is 169 Å². The van der Waals surface area contributed by atoms with Gasteiger partial charge in [0.15, 0.2) is 0 Å². The zero-order valence-electron chi connectivity index (χ0n) is 15.9. The van der Waals surface area contributed by atoms with Crippen LogP contribution in [-0.4, -0.2) is 42.3 Å². The van der Waals surface area contributed by atoms with E-state index in [-0.39, 0.29) is 12.7 Å². The fourth-order valence-corrected chi connectivity index (χ4v) is 3.71. The molecule has 7 nitrogen and oxygen atoms in total. The van der Waals surface area contributed by atoms with E-state index in [0.717, 1.165) is 5.56 Å². The summed E-state index contributed by atoms with van der Waals surface area (Å²) in [7, 11) is 0. The van der Waals surface area contributed by atoms with Gasteiger partial charge in [0.05, 0.1) is 18.2 Å². The van der Waals surface area contributed by atoms with Crippen LogP contribution in [0.2, 0.25) is 0 Å². The Morgan fingerprint density at radius 2 is 1.79 bits per heavy atom. The Morgan fingerprint density at radius 3 is 2.45 bits per heavy atom. The summed E-state index contributed by atoms with van der Waals surface area (Å²) in [5.41, 5.74) is 1.59. The highest BCUT2D eigenvalue weighted by Gasteiger charge is 2.48. The smallest absolute Gasteiger partial charge is 0.415 e.